The van der Waals surface area contributed by atoms with Gasteiger partial charge in [0.1, 0.15) is 18.3 Å². The third-order valence-electron chi connectivity index (χ3n) is 6.44. The first-order valence-electron chi connectivity index (χ1n) is 13.1. The number of nitrogens with one attached hydrogen (secondary N) is 1. The number of hydrogen-bond donors (Lipinski definition) is 1. The van der Waals surface area contributed by atoms with Crippen molar-refractivity contribution in [2.45, 2.75) is 44.6 Å². The number of amides is 2. The third-order valence-corrected chi connectivity index (χ3v) is 8.23. The molecule has 0 bridgehead atoms. The van der Waals surface area contributed by atoms with Gasteiger partial charge in [0.2, 0.25) is 11.8 Å². The molecule has 3 rings (SSSR count). The SMILES string of the molecule is CCOc1ccc(N(CC(=O)N(CCc2ccccc2)C(CC)C(=O)NC)S(=O)(=O)c2ccc(C)cc2)cc1. The second-order valence-corrected chi connectivity index (χ2v) is 11.0. The number of likely N-dealkylation sites (N-methyl/N-ethyl adjacent to an activating group) is 1. The van der Waals surface area contributed by atoms with Crippen LogP contribution in [0.25, 0.3) is 0 Å². The number of sulfonamides is 1. The summed E-state index contributed by atoms with van der Waals surface area (Å²) in [7, 11) is -2.58. The Morgan fingerprint density at radius 1 is 0.923 bits per heavy atom. The number of ether oxygens (including phenoxy) is 1. The zero-order valence-corrected chi connectivity index (χ0v) is 23.8. The third kappa shape index (κ3) is 7.60. The number of rotatable bonds is 13. The van der Waals surface area contributed by atoms with Crippen LogP contribution in [0.4, 0.5) is 5.69 Å². The maximum atomic E-state index is 13.9. The molecule has 0 aliphatic rings. The number of carbonyl (C=O) groups excluding carboxylic acids is 2. The molecule has 1 unspecified atom stereocenters. The van der Waals surface area contributed by atoms with E-state index in [1.54, 1.807) is 36.4 Å². The summed E-state index contributed by atoms with van der Waals surface area (Å²) in [4.78, 5) is 28.2. The highest BCUT2D eigenvalue weighted by molar-refractivity contribution is 7.92. The second-order valence-electron chi connectivity index (χ2n) is 9.11. The molecule has 0 heterocycles. The maximum absolute atomic E-state index is 13.9. The van der Waals surface area contributed by atoms with Gasteiger partial charge in [-0.05, 0) is 68.7 Å². The Kier molecular flexibility index (Phi) is 10.5. The van der Waals surface area contributed by atoms with Gasteiger partial charge in [0.25, 0.3) is 10.0 Å². The summed E-state index contributed by atoms with van der Waals surface area (Å²) in [6, 6.07) is 22.0. The lowest BCUT2D eigenvalue weighted by Gasteiger charge is -2.33. The number of anilines is 1. The molecule has 0 radical (unpaired) electrons. The molecule has 0 spiro atoms. The van der Waals surface area contributed by atoms with Gasteiger partial charge in [0.05, 0.1) is 17.2 Å². The van der Waals surface area contributed by atoms with Crippen molar-refractivity contribution in [1.82, 2.24) is 10.2 Å². The van der Waals surface area contributed by atoms with E-state index in [9.17, 15) is 18.0 Å². The van der Waals surface area contributed by atoms with Crippen molar-refractivity contribution in [1.29, 1.82) is 0 Å². The van der Waals surface area contributed by atoms with Crippen LogP contribution in [0.5, 0.6) is 5.75 Å². The molecule has 8 nitrogen and oxygen atoms in total. The first-order valence-corrected chi connectivity index (χ1v) is 14.5. The number of aryl methyl sites for hydroxylation is 1. The van der Waals surface area contributed by atoms with E-state index in [-0.39, 0.29) is 17.3 Å². The van der Waals surface area contributed by atoms with Crippen molar-refractivity contribution < 1.29 is 22.7 Å². The van der Waals surface area contributed by atoms with Gasteiger partial charge < -0.3 is 15.0 Å². The van der Waals surface area contributed by atoms with E-state index in [4.69, 9.17) is 4.74 Å². The maximum Gasteiger partial charge on any atom is 0.264 e. The Bertz CT molecular complexity index is 1330. The van der Waals surface area contributed by atoms with Crippen LogP contribution in [-0.2, 0) is 26.0 Å². The fraction of sp³-hybridized carbons (Fsp3) is 0.333. The highest BCUT2D eigenvalue weighted by Crippen LogP contribution is 2.27. The molecule has 39 heavy (non-hydrogen) atoms. The van der Waals surface area contributed by atoms with Gasteiger partial charge in [-0.3, -0.25) is 13.9 Å². The molecule has 0 aromatic heterocycles. The quantitative estimate of drug-likeness (QED) is 0.344. The predicted molar refractivity (Wildman–Crippen MR) is 153 cm³/mol. The average Bonchev–Trinajstić information content (AvgIpc) is 2.95. The molecular weight excluding hydrogens is 514 g/mol. The van der Waals surface area contributed by atoms with Crippen molar-refractivity contribution in [2.24, 2.45) is 0 Å². The minimum absolute atomic E-state index is 0.0731. The smallest absolute Gasteiger partial charge is 0.264 e. The topological polar surface area (TPSA) is 96.0 Å². The average molecular weight is 552 g/mol. The Labute approximate surface area is 231 Å². The first-order chi connectivity index (χ1) is 18.7. The molecule has 0 fully saturated rings. The van der Waals surface area contributed by atoms with E-state index in [0.717, 1.165) is 15.4 Å². The molecule has 1 N–H and O–H groups in total. The molecule has 1 atom stereocenters. The summed E-state index contributed by atoms with van der Waals surface area (Å²) in [6.07, 6.45) is 0.905. The molecule has 0 saturated heterocycles. The van der Waals surface area contributed by atoms with E-state index >= 15 is 0 Å². The van der Waals surface area contributed by atoms with Crippen molar-refractivity contribution in [3.05, 3.63) is 90.0 Å². The van der Waals surface area contributed by atoms with E-state index in [1.165, 1.54) is 24.1 Å². The van der Waals surface area contributed by atoms with E-state index < -0.39 is 28.5 Å². The number of carbonyl (C=O) groups is 2. The van der Waals surface area contributed by atoms with Crippen LogP contribution in [0.3, 0.4) is 0 Å². The normalized spacial score (nSPS) is 11.9. The number of benzene rings is 3. The van der Waals surface area contributed by atoms with Gasteiger partial charge >= 0.3 is 0 Å². The summed E-state index contributed by atoms with van der Waals surface area (Å²) >= 11 is 0. The van der Waals surface area contributed by atoms with Crippen LogP contribution in [0, 0.1) is 6.92 Å². The van der Waals surface area contributed by atoms with Crippen molar-refractivity contribution in [2.75, 3.05) is 31.0 Å². The lowest BCUT2D eigenvalue weighted by atomic mass is 10.1. The molecule has 9 heteroatoms. The molecule has 3 aromatic carbocycles. The minimum atomic E-state index is -4.11. The standard InChI is InChI=1S/C30H37N3O5S/c1-5-28(30(35)31-4)32(21-20-24-10-8-7-9-11-24)29(34)22-33(25-14-16-26(17-15-25)38-6-2)39(36,37)27-18-12-23(3)13-19-27/h7-19,28H,5-6,20-22H2,1-4H3,(H,31,35). The predicted octanol–water partition coefficient (Wildman–Crippen LogP) is 4.18. The summed E-state index contributed by atoms with van der Waals surface area (Å²) < 4.78 is 34.3. The van der Waals surface area contributed by atoms with Gasteiger partial charge in [0, 0.05) is 13.6 Å². The Balaban J connectivity index is 2.00. The highest BCUT2D eigenvalue weighted by Gasteiger charge is 2.33. The molecule has 0 saturated carbocycles. The van der Waals surface area contributed by atoms with Gasteiger partial charge in [-0.25, -0.2) is 8.42 Å². The van der Waals surface area contributed by atoms with Gasteiger partial charge in [0.15, 0.2) is 0 Å². The van der Waals surface area contributed by atoms with Crippen molar-refractivity contribution >= 4 is 27.5 Å². The molecule has 2 amide bonds. The zero-order chi connectivity index (χ0) is 28.4. The summed E-state index contributed by atoms with van der Waals surface area (Å²) in [6.45, 7) is 5.83. The van der Waals surface area contributed by atoms with E-state index in [0.29, 0.717) is 30.9 Å². The molecule has 0 aliphatic heterocycles. The van der Waals surface area contributed by atoms with Crippen LogP contribution in [0.2, 0.25) is 0 Å². The number of hydrogen-bond acceptors (Lipinski definition) is 5. The monoisotopic (exact) mass is 551 g/mol. The molecule has 0 aliphatic carbocycles. The van der Waals surface area contributed by atoms with Gasteiger partial charge in [-0.2, -0.15) is 0 Å². The summed E-state index contributed by atoms with van der Waals surface area (Å²) in [5.74, 6) is -0.172. The molecular formula is C30H37N3O5S. The van der Waals surface area contributed by atoms with Crippen molar-refractivity contribution in [3.63, 3.8) is 0 Å². The lowest BCUT2D eigenvalue weighted by molar-refractivity contribution is -0.139. The Hall–Kier alpha value is -3.85. The van der Waals surface area contributed by atoms with Crippen LogP contribution in [0.15, 0.2) is 83.8 Å². The lowest BCUT2D eigenvalue weighted by Crippen LogP contribution is -2.52. The van der Waals surface area contributed by atoms with E-state index in [2.05, 4.69) is 5.32 Å². The van der Waals surface area contributed by atoms with Crippen LogP contribution in [0.1, 0.15) is 31.4 Å². The van der Waals surface area contributed by atoms with Crippen molar-refractivity contribution in [3.8, 4) is 5.75 Å². The van der Waals surface area contributed by atoms with Crippen LogP contribution >= 0.6 is 0 Å². The fourth-order valence-corrected chi connectivity index (χ4v) is 5.72. The highest BCUT2D eigenvalue weighted by atomic mass is 32.2. The zero-order valence-electron chi connectivity index (χ0n) is 23.0. The van der Waals surface area contributed by atoms with Crippen LogP contribution < -0.4 is 14.4 Å². The minimum Gasteiger partial charge on any atom is -0.494 e. The van der Waals surface area contributed by atoms with E-state index in [1.807, 2.05) is 51.1 Å². The largest absolute Gasteiger partial charge is 0.494 e. The second kappa shape index (κ2) is 13.8. The van der Waals surface area contributed by atoms with Crippen LogP contribution in [-0.4, -0.2) is 57.9 Å². The molecule has 3 aromatic rings. The summed E-state index contributed by atoms with van der Waals surface area (Å²) in [5.41, 5.74) is 2.25. The molecule has 208 valence electrons. The summed E-state index contributed by atoms with van der Waals surface area (Å²) in [5, 5.41) is 2.64. The van der Waals surface area contributed by atoms with Gasteiger partial charge in [-0.1, -0.05) is 55.0 Å². The Morgan fingerprint density at radius 2 is 1.56 bits per heavy atom. The number of nitrogens with zero attached hydrogens (tertiary/aromatic N) is 2. The van der Waals surface area contributed by atoms with Gasteiger partial charge in [-0.15, -0.1) is 0 Å². The first kappa shape index (κ1) is 29.7. The fourth-order valence-electron chi connectivity index (χ4n) is 4.30. The Morgan fingerprint density at radius 3 is 2.13 bits per heavy atom.